The van der Waals surface area contributed by atoms with Crippen molar-refractivity contribution in [3.8, 4) is 17.6 Å². The standard InChI is InChI=1S/C20H23N3O3/c1-13(2)12-26-18-7-6-16(9-19(18)25-5)11-22-23-15(4)8-14(3)17(10-21)20(23)24/h6-9,11,13H,12H2,1-5H3. The summed E-state index contributed by atoms with van der Waals surface area (Å²) in [5.41, 5.74) is 1.73. The molecule has 0 fully saturated rings. The Bertz CT molecular complexity index is 921. The molecule has 0 saturated heterocycles. The number of aryl methyl sites for hydroxylation is 2. The minimum absolute atomic E-state index is 0.0998. The smallest absolute Gasteiger partial charge is 0.289 e. The summed E-state index contributed by atoms with van der Waals surface area (Å²) in [7, 11) is 1.58. The highest BCUT2D eigenvalue weighted by atomic mass is 16.5. The van der Waals surface area contributed by atoms with Gasteiger partial charge >= 0.3 is 0 Å². The van der Waals surface area contributed by atoms with Crippen LogP contribution in [0.1, 0.15) is 36.2 Å². The summed E-state index contributed by atoms with van der Waals surface area (Å²) in [6, 6.07) is 9.14. The lowest BCUT2D eigenvalue weighted by atomic mass is 10.1. The van der Waals surface area contributed by atoms with E-state index in [1.807, 2.05) is 18.2 Å². The van der Waals surface area contributed by atoms with Crippen molar-refractivity contribution in [1.82, 2.24) is 4.68 Å². The number of benzene rings is 1. The van der Waals surface area contributed by atoms with Gasteiger partial charge in [-0.3, -0.25) is 4.79 Å². The molecule has 0 unspecified atom stereocenters. The van der Waals surface area contributed by atoms with Crippen LogP contribution in [-0.4, -0.2) is 24.6 Å². The summed E-state index contributed by atoms with van der Waals surface area (Å²) < 4.78 is 12.3. The van der Waals surface area contributed by atoms with E-state index in [4.69, 9.17) is 14.7 Å². The van der Waals surface area contributed by atoms with E-state index >= 15 is 0 Å². The quantitative estimate of drug-likeness (QED) is 0.747. The predicted octanol–water partition coefficient (Wildman–Crippen LogP) is 3.26. The molecule has 0 amide bonds. The molecule has 136 valence electrons. The molecule has 0 spiro atoms. The van der Waals surface area contributed by atoms with E-state index in [1.54, 1.807) is 39.3 Å². The number of hydrogen-bond acceptors (Lipinski definition) is 5. The molecule has 2 aromatic rings. The minimum atomic E-state index is -0.426. The van der Waals surface area contributed by atoms with Crippen LogP contribution in [0.2, 0.25) is 0 Å². The second-order valence-electron chi connectivity index (χ2n) is 6.43. The molecular weight excluding hydrogens is 330 g/mol. The van der Waals surface area contributed by atoms with Gasteiger partial charge in [-0.1, -0.05) is 13.8 Å². The summed E-state index contributed by atoms with van der Waals surface area (Å²) in [5, 5.41) is 13.4. The van der Waals surface area contributed by atoms with Crippen LogP contribution in [0.4, 0.5) is 0 Å². The summed E-state index contributed by atoms with van der Waals surface area (Å²) in [5.74, 6) is 1.67. The monoisotopic (exact) mass is 353 g/mol. The van der Waals surface area contributed by atoms with Gasteiger partial charge in [0.15, 0.2) is 11.5 Å². The van der Waals surface area contributed by atoms with Gasteiger partial charge in [0.25, 0.3) is 5.56 Å². The maximum Gasteiger partial charge on any atom is 0.289 e. The molecule has 0 aliphatic rings. The van der Waals surface area contributed by atoms with Gasteiger partial charge in [0.1, 0.15) is 11.6 Å². The molecule has 0 N–H and O–H groups in total. The van der Waals surface area contributed by atoms with Crippen LogP contribution in [-0.2, 0) is 0 Å². The molecular formula is C20H23N3O3. The second kappa shape index (κ2) is 8.34. The molecule has 1 aromatic heterocycles. The van der Waals surface area contributed by atoms with Gasteiger partial charge in [0.05, 0.1) is 19.9 Å². The zero-order chi connectivity index (χ0) is 19.3. The predicted molar refractivity (Wildman–Crippen MR) is 101 cm³/mol. The maximum atomic E-state index is 12.4. The average molecular weight is 353 g/mol. The van der Waals surface area contributed by atoms with E-state index < -0.39 is 5.56 Å². The molecule has 0 radical (unpaired) electrons. The number of nitriles is 1. The molecule has 2 rings (SSSR count). The molecule has 6 nitrogen and oxygen atoms in total. The van der Waals surface area contributed by atoms with E-state index in [-0.39, 0.29) is 5.56 Å². The molecule has 0 bridgehead atoms. The SMILES string of the molecule is COc1cc(C=Nn2c(C)cc(C)c(C#N)c2=O)ccc1OCC(C)C. The van der Waals surface area contributed by atoms with Gasteiger partial charge in [-0.05, 0) is 55.2 Å². The molecule has 0 atom stereocenters. The van der Waals surface area contributed by atoms with Gasteiger partial charge in [-0.15, -0.1) is 0 Å². The van der Waals surface area contributed by atoms with Crippen molar-refractivity contribution in [3.05, 3.63) is 57.0 Å². The largest absolute Gasteiger partial charge is 0.493 e. The lowest BCUT2D eigenvalue weighted by Crippen LogP contribution is -2.22. The molecule has 6 heteroatoms. The second-order valence-corrected chi connectivity index (χ2v) is 6.43. The molecule has 0 saturated carbocycles. The Balaban J connectivity index is 2.35. The first kappa shape index (κ1) is 19.3. The van der Waals surface area contributed by atoms with Crippen molar-refractivity contribution in [2.75, 3.05) is 13.7 Å². The Hall–Kier alpha value is -3.07. The Labute approximate surface area is 153 Å². The molecule has 0 aliphatic heterocycles. The van der Waals surface area contributed by atoms with Crippen LogP contribution in [0.15, 0.2) is 34.2 Å². The summed E-state index contributed by atoms with van der Waals surface area (Å²) in [6.07, 6.45) is 1.56. The molecule has 26 heavy (non-hydrogen) atoms. The van der Waals surface area contributed by atoms with Crippen LogP contribution in [0.3, 0.4) is 0 Å². The summed E-state index contributed by atoms with van der Waals surface area (Å²) in [6.45, 7) is 8.26. The zero-order valence-corrected chi connectivity index (χ0v) is 15.7. The van der Waals surface area contributed by atoms with Crippen LogP contribution in [0.5, 0.6) is 11.5 Å². The maximum absolute atomic E-state index is 12.4. The van der Waals surface area contributed by atoms with Crippen LogP contribution >= 0.6 is 0 Å². The van der Waals surface area contributed by atoms with E-state index in [2.05, 4.69) is 18.9 Å². The lowest BCUT2D eigenvalue weighted by Gasteiger charge is -2.12. The third kappa shape index (κ3) is 4.31. The third-order valence-corrected chi connectivity index (χ3v) is 3.75. The van der Waals surface area contributed by atoms with Crippen molar-refractivity contribution in [2.45, 2.75) is 27.7 Å². The average Bonchev–Trinajstić information content (AvgIpc) is 2.60. The number of methoxy groups -OCH3 is 1. The van der Waals surface area contributed by atoms with E-state index in [0.717, 1.165) is 5.56 Å². The molecule has 0 aliphatic carbocycles. The van der Waals surface area contributed by atoms with Gasteiger partial charge in [-0.25, -0.2) is 4.68 Å². The fraction of sp³-hybridized carbons (Fsp3) is 0.350. The highest BCUT2D eigenvalue weighted by Gasteiger charge is 2.10. The number of nitrogens with zero attached hydrogens (tertiary/aromatic N) is 3. The Morgan fingerprint density at radius 2 is 2.00 bits per heavy atom. The Morgan fingerprint density at radius 1 is 1.27 bits per heavy atom. The van der Waals surface area contributed by atoms with Crippen molar-refractivity contribution < 1.29 is 9.47 Å². The zero-order valence-electron chi connectivity index (χ0n) is 15.7. The van der Waals surface area contributed by atoms with Crippen LogP contribution in [0.25, 0.3) is 0 Å². The number of aromatic nitrogens is 1. The fourth-order valence-corrected chi connectivity index (χ4v) is 2.43. The third-order valence-electron chi connectivity index (χ3n) is 3.75. The van der Waals surface area contributed by atoms with E-state index in [9.17, 15) is 4.79 Å². The number of rotatable bonds is 6. The van der Waals surface area contributed by atoms with Gasteiger partial charge < -0.3 is 9.47 Å². The number of hydrogen-bond donors (Lipinski definition) is 0. The van der Waals surface area contributed by atoms with Crippen molar-refractivity contribution in [2.24, 2.45) is 11.0 Å². The normalized spacial score (nSPS) is 11.0. The Kier molecular flexibility index (Phi) is 6.18. The number of pyridine rings is 1. The lowest BCUT2D eigenvalue weighted by molar-refractivity contribution is 0.257. The first-order valence-corrected chi connectivity index (χ1v) is 8.36. The first-order chi connectivity index (χ1) is 12.4. The number of ether oxygens (including phenoxy) is 2. The highest BCUT2D eigenvalue weighted by molar-refractivity contribution is 5.80. The topological polar surface area (TPSA) is 76.6 Å². The fourth-order valence-electron chi connectivity index (χ4n) is 2.43. The van der Waals surface area contributed by atoms with Gasteiger partial charge in [-0.2, -0.15) is 10.4 Å². The van der Waals surface area contributed by atoms with E-state index in [1.165, 1.54) is 4.68 Å². The summed E-state index contributed by atoms with van der Waals surface area (Å²) in [4.78, 5) is 12.4. The van der Waals surface area contributed by atoms with Crippen molar-refractivity contribution >= 4 is 6.21 Å². The molecule has 1 heterocycles. The van der Waals surface area contributed by atoms with Crippen LogP contribution < -0.4 is 15.0 Å². The molecule has 1 aromatic carbocycles. The van der Waals surface area contributed by atoms with Crippen LogP contribution in [0, 0.1) is 31.1 Å². The van der Waals surface area contributed by atoms with Crippen molar-refractivity contribution in [1.29, 1.82) is 5.26 Å². The minimum Gasteiger partial charge on any atom is -0.493 e. The van der Waals surface area contributed by atoms with Gasteiger partial charge in [0.2, 0.25) is 0 Å². The van der Waals surface area contributed by atoms with Crippen molar-refractivity contribution in [3.63, 3.8) is 0 Å². The summed E-state index contributed by atoms with van der Waals surface area (Å²) >= 11 is 0. The highest BCUT2D eigenvalue weighted by Crippen LogP contribution is 2.28. The van der Waals surface area contributed by atoms with Gasteiger partial charge in [0, 0.05) is 5.69 Å². The van der Waals surface area contributed by atoms with E-state index in [0.29, 0.717) is 35.3 Å². The first-order valence-electron chi connectivity index (χ1n) is 8.36. The Morgan fingerprint density at radius 3 is 2.62 bits per heavy atom.